The maximum Gasteiger partial charge on any atom is 0.309 e. The number of hydrogen-bond donors (Lipinski definition) is 2. The van der Waals surface area contributed by atoms with Gasteiger partial charge in [0.2, 0.25) is 5.91 Å². The third kappa shape index (κ3) is 6.75. The van der Waals surface area contributed by atoms with Gasteiger partial charge in [0, 0.05) is 17.6 Å². The second kappa shape index (κ2) is 9.73. The minimum absolute atomic E-state index is 0.0812. The van der Waals surface area contributed by atoms with Crippen molar-refractivity contribution in [3.63, 3.8) is 0 Å². The van der Waals surface area contributed by atoms with Crippen molar-refractivity contribution in [1.29, 1.82) is 0 Å². The van der Waals surface area contributed by atoms with E-state index in [0.29, 0.717) is 10.7 Å². The molecular formula is C20H21ClN2O4. The van der Waals surface area contributed by atoms with Gasteiger partial charge < -0.3 is 15.4 Å². The Bertz CT molecular complexity index is 793. The standard InChI is InChI=1S/C20H21ClN2O4/c1-13(20(26)23-17-10-8-16(21)9-11-17)27-19(25)12-18(22-14(2)24)15-6-4-3-5-7-15/h3-11,13,18H,12H2,1-2H3,(H,22,24)(H,23,26)/t13-,18+/m1/s1. The number of rotatable bonds is 7. The van der Waals surface area contributed by atoms with Gasteiger partial charge in [-0.05, 0) is 36.8 Å². The van der Waals surface area contributed by atoms with Crippen LogP contribution in [0.25, 0.3) is 0 Å². The molecule has 0 radical (unpaired) electrons. The highest BCUT2D eigenvalue weighted by molar-refractivity contribution is 6.30. The molecule has 27 heavy (non-hydrogen) atoms. The van der Waals surface area contributed by atoms with Crippen molar-refractivity contribution in [2.24, 2.45) is 0 Å². The van der Waals surface area contributed by atoms with Gasteiger partial charge in [-0.3, -0.25) is 14.4 Å². The fourth-order valence-electron chi connectivity index (χ4n) is 2.43. The molecule has 0 bridgehead atoms. The Morgan fingerprint density at radius 2 is 1.67 bits per heavy atom. The number of carbonyl (C=O) groups excluding carboxylic acids is 3. The lowest BCUT2D eigenvalue weighted by Crippen LogP contribution is -2.33. The number of halogens is 1. The Morgan fingerprint density at radius 1 is 1.04 bits per heavy atom. The molecular weight excluding hydrogens is 368 g/mol. The molecule has 0 unspecified atom stereocenters. The van der Waals surface area contributed by atoms with Gasteiger partial charge in [0.15, 0.2) is 6.10 Å². The van der Waals surface area contributed by atoms with Crippen LogP contribution in [-0.4, -0.2) is 23.9 Å². The molecule has 0 aliphatic rings. The van der Waals surface area contributed by atoms with Gasteiger partial charge in [-0.2, -0.15) is 0 Å². The highest BCUT2D eigenvalue weighted by atomic mass is 35.5. The van der Waals surface area contributed by atoms with E-state index >= 15 is 0 Å². The quantitative estimate of drug-likeness (QED) is 0.711. The van der Waals surface area contributed by atoms with Gasteiger partial charge in [-0.1, -0.05) is 41.9 Å². The number of anilines is 1. The normalized spacial score (nSPS) is 12.6. The SMILES string of the molecule is CC(=O)N[C@@H](CC(=O)O[C@H](C)C(=O)Nc1ccc(Cl)cc1)c1ccccc1. The highest BCUT2D eigenvalue weighted by Gasteiger charge is 2.22. The molecule has 0 saturated carbocycles. The van der Waals surface area contributed by atoms with E-state index in [0.717, 1.165) is 5.56 Å². The van der Waals surface area contributed by atoms with E-state index in [1.54, 1.807) is 24.3 Å². The van der Waals surface area contributed by atoms with Gasteiger partial charge in [-0.15, -0.1) is 0 Å². The third-order valence-electron chi connectivity index (χ3n) is 3.74. The zero-order valence-corrected chi connectivity index (χ0v) is 15.8. The van der Waals surface area contributed by atoms with E-state index in [2.05, 4.69) is 10.6 Å². The van der Waals surface area contributed by atoms with Gasteiger partial charge in [0.05, 0.1) is 12.5 Å². The fourth-order valence-corrected chi connectivity index (χ4v) is 2.55. The summed E-state index contributed by atoms with van der Waals surface area (Å²) in [5, 5.41) is 5.92. The van der Waals surface area contributed by atoms with Crippen LogP contribution < -0.4 is 10.6 Å². The molecule has 0 saturated heterocycles. The lowest BCUT2D eigenvalue weighted by atomic mass is 10.0. The van der Waals surface area contributed by atoms with Gasteiger partial charge in [-0.25, -0.2) is 0 Å². The first-order valence-electron chi connectivity index (χ1n) is 8.43. The van der Waals surface area contributed by atoms with Crippen molar-refractivity contribution < 1.29 is 19.1 Å². The first-order chi connectivity index (χ1) is 12.8. The summed E-state index contributed by atoms with van der Waals surface area (Å²) in [6, 6.07) is 15.2. The number of amides is 2. The van der Waals surface area contributed by atoms with Crippen molar-refractivity contribution in [1.82, 2.24) is 5.32 Å². The zero-order valence-electron chi connectivity index (χ0n) is 15.1. The van der Waals surface area contributed by atoms with Gasteiger partial charge in [0.1, 0.15) is 0 Å². The second-order valence-corrected chi connectivity index (χ2v) is 6.43. The Hall–Kier alpha value is -2.86. The average Bonchev–Trinajstić information content (AvgIpc) is 2.63. The van der Waals surface area contributed by atoms with Crippen LogP contribution >= 0.6 is 11.6 Å². The maximum atomic E-state index is 12.2. The number of esters is 1. The molecule has 0 aliphatic carbocycles. The molecule has 0 fully saturated rings. The molecule has 2 rings (SSSR count). The van der Waals surface area contributed by atoms with E-state index in [4.69, 9.17) is 16.3 Å². The Balaban J connectivity index is 1.94. The largest absolute Gasteiger partial charge is 0.452 e. The van der Waals surface area contributed by atoms with Crippen LogP contribution in [0.5, 0.6) is 0 Å². The molecule has 2 amide bonds. The molecule has 0 spiro atoms. The van der Waals surface area contributed by atoms with Crippen LogP contribution in [0.3, 0.4) is 0 Å². The lowest BCUT2D eigenvalue weighted by molar-refractivity contribution is -0.153. The Labute approximate surface area is 162 Å². The monoisotopic (exact) mass is 388 g/mol. The smallest absolute Gasteiger partial charge is 0.309 e. The minimum Gasteiger partial charge on any atom is -0.452 e. The van der Waals surface area contributed by atoms with Crippen LogP contribution in [0.4, 0.5) is 5.69 Å². The molecule has 6 nitrogen and oxygen atoms in total. The van der Waals surface area contributed by atoms with Crippen LogP contribution in [0, 0.1) is 0 Å². The van der Waals surface area contributed by atoms with E-state index in [1.807, 2.05) is 30.3 Å². The van der Waals surface area contributed by atoms with Gasteiger partial charge in [0.25, 0.3) is 5.91 Å². The molecule has 0 aromatic heterocycles. The van der Waals surface area contributed by atoms with Crippen LogP contribution in [-0.2, 0) is 19.1 Å². The van der Waals surface area contributed by atoms with Crippen LogP contribution in [0.15, 0.2) is 54.6 Å². The summed E-state index contributed by atoms with van der Waals surface area (Å²) in [6.45, 7) is 2.86. The summed E-state index contributed by atoms with van der Waals surface area (Å²) < 4.78 is 5.21. The van der Waals surface area contributed by atoms with E-state index < -0.39 is 24.0 Å². The van der Waals surface area contributed by atoms with Crippen molar-refractivity contribution in [2.45, 2.75) is 32.4 Å². The number of nitrogens with one attached hydrogen (secondary N) is 2. The number of carbonyl (C=O) groups is 3. The second-order valence-electron chi connectivity index (χ2n) is 6.00. The summed E-state index contributed by atoms with van der Waals surface area (Å²) >= 11 is 5.80. The molecule has 2 aromatic rings. The molecule has 7 heteroatoms. The van der Waals surface area contributed by atoms with Crippen molar-refractivity contribution in [2.75, 3.05) is 5.32 Å². The topological polar surface area (TPSA) is 84.5 Å². The minimum atomic E-state index is -0.984. The summed E-state index contributed by atoms with van der Waals surface area (Å²) in [4.78, 5) is 35.9. The lowest BCUT2D eigenvalue weighted by Gasteiger charge is -2.19. The third-order valence-corrected chi connectivity index (χ3v) is 3.99. The van der Waals surface area contributed by atoms with E-state index in [9.17, 15) is 14.4 Å². The summed E-state index contributed by atoms with van der Waals surface area (Å²) in [6.07, 6.45) is -1.07. The summed E-state index contributed by atoms with van der Waals surface area (Å²) in [7, 11) is 0. The number of hydrogen-bond acceptors (Lipinski definition) is 4. The highest BCUT2D eigenvalue weighted by Crippen LogP contribution is 2.18. The molecule has 0 heterocycles. The first kappa shape index (κ1) is 20.5. The van der Waals surface area contributed by atoms with Crippen molar-refractivity contribution >= 4 is 35.1 Å². The molecule has 2 N–H and O–H groups in total. The predicted octanol–water partition coefficient (Wildman–Crippen LogP) is 3.48. The first-order valence-corrected chi connectivity index (χ1v) is 8.81. The molecule has 142 valence electrons. The zero-order chi connectivity index (χ0) is 19.8. The van der Waals surface area contributed by atoms with Crippen LogP contribution in [0.2, 0.25) is 5.02 Å². The van der Waals surface area contributed by atoms with Crippen molar-refractivity contribution in [3.8, 4) is 0 Å². The fraction of sp³-hybridized carbons (Fsp3) is 0.250. The summed E-state index contributed by atoms with van der Waals surface area (Å²) in [5.41, 5.74) is 1.33. The van der Waals surface area contributed by atoms with Crippen LogP contribution in [0.1, 0.15) is 31.9 Å². The Kier molecular flexibility index (Phi) is 7.37. The predicted molar refractivity (Wildman–Crippen MR) is 103 cm³/mol. The average molecular weight is 389 g/mol. The molecule has 2 atom stereocenters. The number of ether oxygens (including phenoxy) is 1. The Morgan fingerprint density at radius 3 is 2.26 bits per heavy atom. The maximum absolute atomic E-state index is 12.2. The van der Waals surface area contributed by atoms with E-state index in [-0.39, 0.29) is 12.3 Å². The van der Waals surface area contributed by atoms with Gasteiger partial charge >= 0.3 is 5.97 Å². The van der Waals surface area contributed by atoms with E-state index in [1.165, 1.54) is 13.8 Å². The summed E-state index contributed by atoms with van der Waals surface area (Å²) in [5.74, 6) is -1.30. The van der Waals surface area contributed by atoms with Crippen molar-refractivity contribution in [3.05, 3.63) is 65.2 Å². The molecule has 0 aliphatic heterocycles. The number of benzene rings is 2. The molecule has 2 aromatic carbocycles.